The third-order valence-corrected chi connectivity index (χ3v) is 4.80. The highest BCUT2D eigenvalue weighted by molar-refractivity contribution is 6.30. The van der Waals surface area contributed by atoms with E-state index in [1.807, 2.05) is 39.8 Å². The monoisotopic (exact) mass is 450 g/mol. The summed E-state index contributed by atoms with van der Waals surface area (Å²) in [7, 11) is 0. The molecular formula is C23H28Cl2N2O3. The van der Waals surface area contributed by atoms with Crippen LogP contribution in [0.2, 0.25) is 10.0 Å². The minimum atomic E-state index is -0.629. The van der Waals surface area contributed by atoms with Gasteiger partial charge in [-0.1, -0.05) is 48.3 Å². The smallest absolute Gasteiger partial charge is 0.261 e. The van der Waals surface area contributed by atoms with Crippen molar-refractivity contribution in [2.24, 2.45) is 0 Å². The molecule has 0 bridgehead atoms. The summed E-state index contributed by atoms with van der Waals surface area (Å²) in [5.41, 5.74) is 0.467. The van der Waals surface area contributed by atoms with Gasteiger partial charge in [0.15, 0.2) is 6.61 Å². The van der Waals surface area contributed by atoms with Crippen LogP contribution in [0.4, 0.5) is 0 Å². The van der Waals surface area contributed by atoms with Crippen molar-refractivity contribution >= 4 is 35.0 Å². The second-order valence-electron chi connectivity index (χ2n) is 8.06. The molecule has 0 radical (unpaired) electrons. The van der Waals surface area contributed by atoms with E-state index in [-0.39, 0.29) is 25.0 Å². The molecule has 2 aromatic carbocycles. The normalized spacial score (nSPS) is 12.2. The van der Waals surface area contributed by atoms with Crippen molar-refractivity contribution in [2.75, 3.05) is 6.61 Å². The Morgan fingerprint density at radius 3 is 2.30 bits per heavy atom. The Hall–Kier alpha value is -2.24. The molecule has 0 heterocycles. The zero-order chi connectivity index (χ0) is 22.3. The Morgan fingerprint density at radius 2 is 1.73 bits per heavy atom. The van der Waals surface area contributed by atoms with Crippen LogP contribution in [0.5, 0.6) is 5.75 Å². The average Bonchev–Trinajstić information content (AvgIpc) is 2.66. The fourth-order valence-corrected chi connectivity index (χ4v) is 3.25. The predicted molar refractivity (Wildman–Crippen MR) is 121 cm³/mol. The van der Waals surface area contributed by atoms with Gasteiger partial charge in [-0.2, -0.15) is 0 Å². The first-order valence-corrected chi connectivity index (χ1v) is 10.6. The van der Waals surface area contributed by atoms with Crippen molar-refractivity contribution in [1.82, 2.24) is 10.2 Å². The summed E-state index contributed by atoms with van der Waals surface area (Å²) in [4.78, 5) is 27.6. The Kier molecular flexibility index (Phi) is 8.56. The molecule has 0 saturated heterocycles. The molecule has 0 fully saturated rings. The van der Waals surface area contributed by atoms with Crippen molar-refractivity contribution in [3.8, 4) is 5.75 Å². The molecule has 2 amide bonds. The molecule has 1 atom stereocenters. The third kappa shape index (κ3) is 7.54. The number of halogens is 2. The quantitative estimate of drug-likeness (QED) is 0.608. The summed E-state index contributed by atoms with van der Waals surface area (Å²) in [6.45, 7) is 7.67. The van der Waals surface area contributed by atoms with Crippen molar-refractivity contribution in [2.45, 2.75) is 52.2 Å². The van der Waals surface area contributed by atoms with Crippen LogP contribution in [-0.4, -0.2) is 34.9 Å². The van der Waals surface area contributed by atoms with E-state index >= 15 is 0 Å². The number of hydrogen-bond donors (Lipinski definition) is 1. The number of ether oxygens (including phenoxy) is 1. The van der Waals surface area contributed by atoms with Crippen LogP contribution in [0.15, 0.2) is 48.5 Å². The van der Waals surface area contributed by atoms with E-state index in [9.17, 15) is 9.59 Å². The number of nitrogens with one attached hydrogen (secondary N) is 1. The maximum atomic E-state index is 13.1. The number of benzene rings is 2. The van der Waals surface area contributed by atoms with Gasteiger partial charge in [-0.05, 0) is 63.1 Å². The van der Waals surface area contributed by atoms with Gasteiger partial charge >= 0.3 is 0 Å². The molecule has 2 rings (SSSR count). The van der Waals surface area contributed by atoms with E-state index in [0.717, 1.165) is 5.56 Å². The van der Waals surface area contributed by atoms with Crippen LogP contribution in [-0.2, 0) is 16.1 Å². The zero-order valence-corrected chi connectivity index (χ0v) is 19.3. The summed E-state index contributed by atoms with van der Waals surface area (Å²) in [6.07, 6.45) is 0.471. The fraction of sp³-hybridized carbons (Fsp3) is 0.391. The molecule has 7 heteroatoms. The molecule has 0 saturated carbocycles. The van der Waals surface area contributed by atoms with Gasteiger partial charge in [0, 0.05) is 22.1 Å². The van der Waals surface area contributed by atoms with Crippen LogP contribution >= 0.6 is 23.2 Å². The molecule has 0 spiro atoms. The highest BCUT2D eigenvalue weighted by atomic mass is 35.5. The van der Waals surface area contributed by atoms with Crippen LogP contribution in [0.1, 0.15) is 39.7 Å². The van der Waals surface area contributed by atoms with E-state index in [0.29, 0.717) is 22.2 Å². The average molecular weight is 451 g/mol. The number of carbonyl (C=O) groups is 2. The zero-order valence-electron chi connectivity index (χ0n) is 17.7. The molecule has 0 aromatic heterocycles. The highest BCUT2D eigenvalue weighted by Crippen LogP contribution is 2.19. The summed E-state index contributed by atoms with van der Waals surface area (Å²) in [5, 5.41) is 4.10. The van der Waals surface area contributed by atoms with Crippen molar-refractivity contribution in [3.63, 3.8) is 0 Å². The first-order chi connectivity index (χ1) is 14.1. The predicted octanol–water partition coefficient (Wildman–Crippen LogP) is 5.09. The SMILES string of the molecule is CCC(C(=O)NC(C)(C)C)N(Cc1ccc(Cl)cc1)C(=O)COc1cccc(Cl)c1. The number of amides is 2. The topological polar surface area (TPSA) is 58.6 Å². The lowest BCUT2D eigenvalue weighted by Crippen LogP contribution is -2.54. The number of nitrogens with zero attached hydrogens (tertiary/aromatic N) is 1. The lowest BCUT2D eigenvalue weighted by Gasteiger charge is -2.33. The molecule has 5 nitrogen and oxygen atoms in total. The first-order valence-electron chi connectivity index (χ1n) is 9.83. The van der Waals surface area contributed by atoms with Gasteiger partial charge in [0.1, 0.15) is 11.8 Å². The molecule has 0 aliphatic rings. The molecule has 1 N–H and O–H groups in total. The Morgan fingerprint density at radius 1 is 1.07 bits per heavy atom. The second-order valence-corrected chi connectivity index (χ2v) is 8.93. The van der Waals surface area contributed by atoms with Crippen LogP contribution in [0, 0.1) is 0 Å². The summed E-state index contributed by atoms with van der Waals surface area (Å²) in [5.74, 6) is 0.00499. The fourth-order valence-electron chi connectivity index (χ4n) is 2.94. The standard InChI is InChI=1S/C23H28Cl2N2O3/c1-5-20(22(29)26-23(2,3)4)27(14-16-9-11-17(24)12-10-16)21(28)15-30-19-8-6-7-18(25)13-19/h6-13,20H,5,14-15H2,1-4H3,(H,26,29). The Bertz CT molecular complexity index is 863. The number of rotatable bonds is 8. The Balaban J connectivity index is 2.22. The highest BCUT2D eigenvalue weighted by Gasteiger charge is 2.30. The van der Waals surface area contributed by atoms with E-state index in [4.69, 9.17) is 27.9 Å². The van der Waals surface area contributed by atoms with Gasteiger partial charge in [-0.15, -0.1) is 0 Å². The van der Waals surface area contributed by atoms with E-state index in [1.165, 1.54) is 0 Å². The van der Waals surface area contributed by atoms with Gasteiger partial charge in [0.05, 0.1) is 0 Å². The van der Waals surface area contributed by atoms with E-state index in [2.05, 4.69) is 5.32 Å². The molecule has 0 aliphatic carbocycles. The number of hydrogen-bond acceptors (Lipinski definition) is 3. The maximum Gasteiger partial charge on any atom is 0.261 e. The third-order valence-electron chi connectivity index (χ3n) is 4.31. The largest absolute Gasteiger partial charge is 0.484 e. The van der Waals surface area contributed by atoms with Gasteiger partial charge < -0.3 is 15.0 Å². The molecule has 30 heavy (non-hydrogen) atoms. The first kappa shape index (κ1) is 24.0. The Labute approximate surface area is 188 Å². The van der Waals surface area contributed by atoms with Crippen LogP contribution in [0.3, 0.4) is 0 Å². The molecule has 2 aromatic rings. The van der Waals surface area contributed by atoms with Gasteiger partial charge in [-0.25, -0.2) is 0 Å². The summed E-state index contributed by atoms with van der Waals surface area (Å²) >= 11 is 12.0. The molecular weight excluding hydrogens is 423 g/mol. The lowest BCUT2D eigenvalue weighted by atomic mass is 10.1. The molecule has 1 unspecified atom stereocenters. The van der Waals surface area contributed by atoms with E-state index < -0.39 is 11.6 Å². The second kappa shape index (κ2) is 10.7. The molecule has 162 valence electrons. The van der Waals surface area contributed by atoms with Crippen LogP contribution < -0.4 is 10.1 Å². The van der Waals surface area contributed by atoms with Gasteiger partial charge in [-0.3, -0.25) is 9.59 Å². The maximum absolute atomic E-state index is 13.1. The minimum absolute atomic E-state index is 0.199. The van der Waals surface area contributed by atoms with Crippen molar-refractivity contribution in [3.05, 3.63) is 64.1 Å². The summed E-state index contributed by atoms with van der Waals surface area (Å²) in [6, 6.07) is 13.4. The van der Waals surface area contributed by atoms with Crippen molar-refractivity contribution in [1.29, 1.82) is 0 Å². The summed E-state index contributed by atoms with van der Waals surface area (Å²) < 4.78 is 5.63. The van der Waals surface area contributed by atoms with Gasteiger partial charge in [0.25, 0.3) is 5.91 Å². The molecule has 0 aliphatic heterocycles. The number of carbonyl (C=O) groups excluding carboxylic acids is 2. The van der Waals surface area contributed by atoms with E-state index in [1.54, 1.807) is 41.3 Å². The van der Waals surface area contributed by atoms with Crippen molar-refractivity contribution < 1.29 is 14.3 Å². The van der Waals surface area contributed by atoms with Gasteiger partial charge in [0.2, 0.25) is 5.91 Å². The van der Waals surface area contributed by atoms with Crippen LogP contribution in [0.25, 0.3) is 0 Å². The lowest BCUT2D eigenvalue weighted by molar-refractivity contribution is -0.143. The minimum Gasteiger partial charge on any atom is -0.484 e.